The molecule has 2 fully saturated rings. The van der Waals surface area contributed by atoms with E-state index in [0.717, 1.165) is 19.5 Å². The lowest BCUT2D eigenvalue weighted by molar-refractivity contribution is -0.124. The number of hydrogen-bond acceptors (Lipinski definition) is 2. The first-order valence-corrected chi connectivity index (χ1v) is 7.21. The van der Waals surface area contributed by atoms with Crippen LogP contribution in [0.3, 0.4) is 0 Å². The lowest BCUT2D eigenvalue weighted by Crippen LogP contribution is -2.49. The number of piperidine rings is 1. The maximum atomic E-state index is 12.0. The molecule has 1 aliphatic heterocycles. The van der Waals surface area contributed by atoms with Gasteiger partial charge in [-0.15, -0.1) is 0 Å². The number of carbonyl (C=O) groups is 1. The van der Waals surface area contributed by atoms with Gasteiger partial charge in [0.1, 0.15) is 0 Å². The summed E-state index contributed by atoms with van der Waals surface area (Å²) in [4.78, 5) is 12.0. The molecule has 3 nitrogen and oxygen atoms in total. The molecule has 0 aromatic heterocycles. The number of hydrogen-bond donors (Lipinski definition) is 2. The Kier molecular flexibility index (Phi) is 4.43. The van der Waals surface area contributed by atoms with E-state index in [2.05, 4.69) is 17.6 Å². The summed E-state index contributed by atoms with van der Waals surface area (Å²) in [6, 6.07) is 0.0657. The van der Waals surface area contributed by atoms with E-state index < -0.39 is 0 Å². The zero-order valence-electron chi connectivity index (χ0n) is 11.1. The molecule has 2 rings (SSSR count). The van der Waals surface area contributed by atoms with Gasteiger partial charge in [0.25, 0.3) is 0 Å². The number of carbonyl (C=O) groups excluding carboxylic acids is 1. The molecule has 1 amide bonds. The molecule has 0 aromatic carbocycles. The lowest BCUT2D eigenvalue weighted by atomic mass is 9.75. The normalized spacial score (nSPS) is 28.6. The molecule has 1 saturated carbocycles. The van der Waals surface area contributed by atoms with Crippen LogP contribution in [0.15, 0.2) is 0 Å². The van der Waals surface area contributed by atoms with Gasteiger partial charge in [0, 0.05) is 6.54 Å². The molecular formula is C14H26N2O. The average molecular weight is 238 g/mol. The minimum atomic E-state index is 0.0657. The average Bonchev–Trinajstić information content (AvgIpc) is 2.38. The zero-order valence-corrected chi connectivity index (χ0v) is 11.1. The van der Waals surface area contributed by atoms with Gasteiger partial charge in [0.2, 0.25) is 5.91 Å². The molecule has 1 saturated heterocycles. The quantitative estimate of drug-likeness (QED) is 0.791. The molecule has 98 valence electrons. The van der Waals surface area contributed by atoms with E-state index in [1.807, 2.05) is 0 Å². The van der Waals surface area contributed by atoms with Crippen LogP contribution in [0.2, 0.25) is 0 Å². The van der Waals surface area contributed by atoms with Crippen molar-refractivity contribution in [1.82, 2.24) is 10.6 Å². The van der Waals surface area contributed by atoms with Gasteiger partial charge in [-0.05, 0) is 37.6 Å². The van der Waals surface area contributed by atoms with Crippen LogP contribution in [0.1, 0.15) is 58.3 Å². The van der Waals surface area contributed by atoms with E-state index in [-0.39, 0.29) is 11.9 Å². The molecule has 1 heterocycles. The summed E-state index contributed by atoms with van der Waals surface area (Å²) in [6.45, 7) is 4.18. The van der Waals surface area contributed by atoms with Crippen molar-refractivity contribution in [2.45, 2.75) is 64.3 Å². The van der Waals surface area contributed by atoms with Gasteiger partial charge in [-0.2, -0.15) is 0 Å². The Bertz CT molecular complexity index is 253. The smallest absolute Gasteiger partial charge is 0.237 e. The molecule has 2 N–H and O–H groups in total. The van der Waals surface area contributed by atoms with Crippen LogP contribution in [0.5, 0.6) is 0 Å². The number of rotatable bonds is 3. The predicted octanol–water partition coefficient (Wildman–Crippen LogP) is 2.22. The first-order chi connectivity index (χ1) is 8.20. The highest BCUT2D eigenvalue weighted by Crippen LogP contribution is 2.34. The molecular weight excluding hydrogens is 212 g/mol. The van der Waals surface area contributed by atoms with Crippen molar-refractivity contribution in [3.63, 3.8) is 0 Å². The second-order valence-electron chi connectivity index (χ2n) is 6.09. The van der Waals surface area contributed by atoms with Gasteiger partial charge in [-0.1, -0.05) is 32.6 Å². The molecule has 0 aromatic rings. The first kappa shape index (κ1) is 12.9. The van der Waals surface area contributed by atoms with Gasteiger partial charge in [0.05, 0.1) is 6.04 Å². The van der Waals surface area contributed by atoms with Gasteiger partial charge >= 0.3 is 0 Å². The maximum absolute atomic E-state index is 12.0. The third-order valence-electron chi connectivity index (χ3n) is 4.38. The van der Waals surface area contributed by atoms with Crippen LogP contribution < -0.4 is 10.6 Å². The van der Waals surface area contributed by atoms with E-state index in [1.165, 1.54) is 44.9 Å². The number of amides is 1. The third kappa shape index (κ3) is 3.70. The largest absolute Gasteiger partial charge is 0.354 e. The summed E-state index contributed by atoms with van der Waals surface area (Å²) >= 11 is 0. The monoisotopic (exact) mass is 238 g/mol. The van der Waals surface area contributed by atoms with Gasteiger partial charge < -0.3 is 10.6 Å². The van der Waals surface area contributed by atoms with Crippen molar-refractivity contribution in [3.05, 3.63) is 0 Å². The minimum absolute atomic E-state index is 0.0657. The second kappa shape index (κ2) is 5.85. The van der Waals surface area contributed by atoms with E-state index >= 15 is 0 Å². The molecule has 0 radical (unpaired) electrons. The first-order valence-electron chi connectivity index (χ1n) is 7.21. The number of nitrogens with one attached hydrogen (secondary N) is 2. The summed E-state index contributed by atoms with van der Waals surface area (Å²) in [5.41, 5.74) is 0.350. The van der Waals surface area contributed by atoms with Crippen LogP contribution in [-0.2, 0) is 4.79 Å². The van der Waals surface area contributed by atoms with E-state index in [0.29, 0.717) is 5.41 Å². The maximum Gasteiger partial charge on any atom is 0.237 e. The van der Waals surface area contributed by atoms with Crippen LogP contribution in [0.25, 0.3) is 0 Å². The zero-order chi connectivity index (χ0) is 12.1. The van der Waals surface area contributed by atoms with E-state index in [4.69, 9.17) is 0 Å². The van der Waals surface area contributed by atoms with Crippen molar-refractivity contribution in [2.75, 3.05) is 13.1 Å². The molecule has 1 aliphatic carbocycles. The van der Waals surface area contributed by atoms with E-state index in [9.17, 15) is 4.79 Å². The van der Waals surface area contributed by atoms with Crippen LogP contribution in [0, 0.1) is 5.41 Å². The topological polar surface area (TPSA) is 41.1 Å². The molecule has 1 atom stereocenters. The van der Waals surface area contributed by atoms with Crippen molar-refractivity contribution < 1.29 is 4.79 Å². The van der Waals surface area contributed by atoms with Gasteiger partial charge in [-0.25, -0.2) is 0 Å². The van der Waals surface area contributed by atoms with Crippen molar-refractivity contribution in [1.29, 1.82) is 0 Å². The molecule has 17 heavy (non-hydrogen) atoms. The molecule has 0 unspecified atom stereocenters. The third-order valence-corrected chi connectivity index (χ3v) is 4.38. The second-order valence-corrected chi connectivity index (χ2v) is 6.09. The predicted molar refractivity (Wildman–Crippen MR) is 69.8 cm³/mol. The standard InChI is InChI=1S/C14H26N2O/c1-14(8-4-2-5-9-14)11-16-13(17)12-7-3-6-10-15-12/h12,15H,2-11H2,1H3,(H,16,17)/t12-/m0/s1. The SMILES string of the molecule is CC1(CNC(=O)[C@@H]2CCCCN2)CCCCC1. The highest BCUT2D eigenvalue weighted by molar-refractivity contribution is 5.81. The summed E-state index contributed by atoms with van der Waals surface area (Å²) < 4.78 is 0. The Morgan fingerprint density at radius 1 is 1.24 bits per heavy atom. The fourth-order valence-corrected chi connectivity index (χ4v) is 3.08. The van der Waals surface area contributed by atoms with Crippen molar-refractivity contribution in [3.8, 4) is 0 Å². The van der Waals surface area contributed by atoms with Crippen LogP contribution in [0.4, 0.5) is 0 Å². The highest BCUT2D eigenvalue weighted by atomic mass is 16.2. The Labute approximate surface area is 105 Å². The lowest BCUT2D eigenvalue weighted by Gasteiger charge is -2.34. The fraction of sp³-hybridized carbons (Fsp3) is 0.929. The van der Waals surface area contributed by atoms with E-state index in [1.54, 1.807) is 0 Å². The molecule has 3 heteroatoms. The Morgan fingerprint density at radius 2 is 2.00 bits per heavy atom. The Hall–Kier alpha value is -0.570. The highest BCUT2D eigenvalue weighted by Gasteiger charge is 2.28. The van der Waals surface area contributed by atoms with Crippen LogP contribution in [-0.4, -0.2) is 25.0 Å². The van der Waals surface area contributed by atoms with Gasteiger partial charge in [0.15, 0.2) is 0 Å². The van der Waals surface area contributed by atoms with Crippen molar-refractivity contribution in [2.24, 2.45) is 5.41 Å². The molecule has 0 spiro atoms. The van der Waals surface area contributed by atoms with Gasteiger partial charge in [-0.3, -0.25) is 4.79 Å². The van der Waals surface area contributed by atoms with Crippen molar-refractivity contribution >= 4 is 5.91 Å². The summed E-state index contributed by atoms with van der Waals surface area (Å²) in [7, 11) is 0. The van der Waals surface area contributed by atoms with Crippen LogP contribution >= 0.6 is 0 Å². The summed E-state index contributed by atoms with van der Waals surface area (Å²) in [5.74, 6) is 0.219. The minimum Gasteiger partial charge on any atom is -0.354 e. The Morgan fingerprint density at radius 3 is 2.65 bits per heavy atom. The molecule has 2 aliphatic rings. The summed E-state index contributed by atoms with van der Waals surface area (Å²) in [6.07, 6.45) is 9.96. The fourth-order valence-electron chi connectivity index (χ4n) is 3.08. The Balaban J connectivity index is 1.74. The summed E-state index contributed by atoms with van der Waals surface area (Å²) in [5, 5.41) is 6.47. The molecule has 0 bridgehead atoms.